The fourth-order valence-corrected chi connectivity index (χ4v) is 3.51. The zero-order chi connectivity index (χ0) is 30.7. The van der Waals surface area contributed by atoms with E-state index >= 15 is 0 Å². The maximum atomic E-state index is 13.1. The Morgan fingerprint density at radius 3 is 1.29 bits per heavy atom. The molecule has 2 aromatic carbocycles. The molecule has 2 aromatic rings. The average molecular weight is 587 g/mol. The molecule has 0 spiro atoms. The van der Waals surface area contributed by atoms with Gasteiger partial charge >= 0.3 is 24.1 Å². The second-order valence-corrected chi connectivity index (χ2v) is 8.94. The van der Waals surface area contributed by atoms with Crippen molar-refractivity contribution >= 4 is 35.9 Å². The predicted molar refractivity (Wildman–Crippen MR) is 147 cm³/mol. The Hall–Kier alpha value is -5.14. The Morgan fingerprint density at radius 1 is 0.595 bits per heavy atom. The number of aliphatic carboxylic acids is 2. The smallest absolute Gasteiger partial charge is 0.408 e. The van der Waals surface area contributed by atoms with Crippen molar-refractivity contribution in [3.8, 4) is 0 Å². The number of carboxylic acid groups (broad SMARTS) is 2. The van der Waals surface area contributed by atoms with Gasteiger partial charge in [0.25, 0.3) is 0 Å². The van der Waals surface area contributed by atoms with Crippen molar-refractivity contribution in [2.75, 3.05) is 13.1 Å². The van der Waals surface area contributed by atoms with Crippen LogP contribution in [0.4, 0.5) is 9.59 Å². The molecule has 0 radical (unpaired) electrons. The lowest BCUT2D eigenvalue weighted by Gasteiger charge is -2.27. The van der Waals surface area contributed by atoms with Gasteiger partial charge in [0, 0.05) is 25.9 Å². The summed E-state index contributed by atoms with van der Waals surface area (Å²) < 4.78 is 10.4. The van der Waals surface area contributed by atoms with Crippen LogP contribution in [-0.2, 0) is 41.9 Å². The molecule has 0 fully saturated rings. The minimum atomic E-state index is -1.72. The summed E-state index contributed by atoms with van der Waals surface area (Å²) in [6, 6.07) is 13.9. The molecule has 0 heterocycles. The van der Waals surface area contributed by atoms with Crippen molar-refractivity contribution in [3.05, 3.63) is 71.8 Å². The highest BCUT2D eigenvalue weighted by molar-refractivity contribution is 5.96. The summed E-state index contributed by atoms with van der Waals surface area (Å²) in [6.07, 6.45) is -2.51. The molecule has 6 N–H and O–H groups in total. The van der Waals surface area contributed by atoms with Gasteiger partial charge in [-0.25, -0.2) is 9.59 Å². The highest BCUT2D eigenvalue weighted by Crippen LogP contribution is 2.05. The number of hydrogen-bond donors (Lipinski definition) is 6. The van der Waals surface area contributed by atoms with Crippen LogP contribution in [0.2, 0.25) is 0 Å². The number of hydrogen-bond acceptors (Lipinski definition) is 8. The van der Waals surface area contributed by atoms with Gasteiger partial charge in [-0.2, -0.15) is 0 Å². The molecule has 42 heavy (non-hydrogen) atoms. The van der Waals surface area contributed by atoms with Crippen molar-refractivity contribution in [3.63, 3.8) is 0 Å². The lowest BCUT2D eigenvalue weighted by molar-refractivity contribution is -0.138. The topological polar surface area (TPSA) is 209 Å². The van der Waals surface area contributed by atoms with Crippen LogP contribution in [0.3, 0.4) is 0 Å². The van der Waals surface area contributed by atoms with Gasteiger partial charge in [0.1, 0.15) is 25.3 Å². The summed E-state index contributed by atoms with van der Waals surface area (Å²) in [5.74, 6) is -3.98. The zero-order valence-corrected chi connectivity index (χ0v) is 22.7. The van der Waals surface area contributed by atoms with Crippen LogP contribution in [0, 0.1) is 0 Å². The monoisotopic (exact) mass is 586 g/mol. The van der Waals surface area contributed by atoms with Crippen LogP contribution in [0.25, 0.3) is 0 Å². The molecule has 0 aliphatic heterocycles. The Kier molecular flexibility index (Phi) is 14.4. The van der Waals surface area contributed by atoms with Crippen LogP contribution in [0.5, 0.6) is 0 Å². The Bertz CT molecular complexity index is 1100. The standard InChI is InChI=1S/C28H34N4O10/c33-21(34)13-7-15-29-25(37)23(31-27(39)41-17-19-9-3-1-4-10-19)24(26(38)30-16-8-14-22(35)36)32-28(40)42-18-20-11-5-2-6-12-20/h1-6,9-12,23-24H,7-8,13-18H2,(H,29,37)(H,30,38)(H,31,39)(H,32,40)(H,33,34)(H,35,36)/t23-,24+. The molecule has 0 saturated heterocycles. The predicted octanol–water partition coefficient (Wildman–Crippen LogP) is 1.54. The molecule has 2 atom stereocenters. The van der Waals surface area contributed by atoms with Gasteiger partial charge in [-0.15, -0.1) is 0 Å². The first kappa shape index (κ1) is 33.1. The summed E-state index contributed by atoms with van der Waals surface area (Å²) in [7, 11) is 0. The van der Waals surface area contributed by atoms with Crippen molar-refractivity contribution in [1.29, 1.82) is 0 Å². The molecule has 0 unspecified atom stereocenters. The quantitative estimate of drug-likeness (QED) is 0.147. The average Bonchev–Trinajstić information content (AvgIpc) is 2.97. The number of carboxylic acids is 2. The Labute approximate surface area is 241 Å². The van der Waals surface area contributed by atoms with Gasteiger partial charge in [0.2, 0.25) is 11.8 Å². The summed E-state index contributed by atoms with van der Waals surface area (Å²) in [6.45, 7) is -0.516. The molecule has 0 aromatic heterocycles. The largest absolute Gasteiger partial charge is 0.481 e. The molecule has 226 valence electrons. The summed E-state index contributed by atoms with van der Waals surface area (Å²) in [5.41, 5.74) is 1.30. The van der Waals surface area contributed by atoms with Crippen molar-refractivity contribution in [2.24, 2.45) is 0 Å². The second-order valence-electron chi connectivity index (χ2n) is 8.94. The van der Waals surface area contributed by atoms with E-state index in [4.69, 9.17) is 19.7 Å². The zero-order valence-electron chi connectivity index (χ0n) is 22.7. The van der Waals surface area contributed by atoms with E-state index in [1.165, 1.54) is 0 Å². The summed E-state index contributed by atoms with van der Waals surface area (Å²) in [4.78, 5) is 73.3. The number of amides is 4. The van der Waals surface area contributed by atoms with E-state index in [9.17, 15) is 28.8 Å². The number of carbonyl (C=O) groups is 6. The molecule has 4 amide bonds. The normalized spacial score (nSPS) is 11.7. The number of benzene rings is 2. The van der Waals surface area contributed by atoms with E-state index < -0.39 is 48.0 Å². The van der Waals surface area contributed by atoms with Crippen LogP contribution in [-0.4, -0.2) is 71.3 Å². The van der Waals surface area contributed by atoms with Crippen molar-refractivity contribution < 1.29 is 48.5 Å². The third-order valence-corrected chi connectivity index (χ3v) is 5.60. The van der Waals surface area contributed by atoms with E-state index in [1.807, 2.05) is 0 Å². The first-order valence-electron chi connectivity index (χ1n) is 13.1. The van der Waals surface area contributed by atoms with E-state index in [0.717, 1.165) is 0 Å². The van der Waals surface area contributed by atoms with Crippen molar-refractivity contribution in [2.45, 2.75) is 51.0 Å². The maximum Gasteiger partial charge on any atom is 0.408 e. The molecule has 0 bridgehead atoms. The maximum absolute atomic E-state index is 13.1. The van der Waals surface area contributed by atoms with Crippen LogP contribution in [0.1, 0.15) is 36.8 Å². The first-order valence-corrected chi connectivity index (χ1v) is 13.1. The van der Waals surface area contributed by atoms with Crippen LogP contribution < -0.4 is 21.3 Å². The highest BCUT2D eigenvalue weighted by atomic mass is 16.6. The van der Waals surface area contributed by atoms with E-state index in [-0.39, 0.29) is 52.0 Å². The lowest BCUT2D eigenvalue weighted by Crippen LogP contribution is -2.63. The molecule has 14 heteroatoms. The minimum Gasteiger partial charge on any atom is -0.481 e. The number of ether oxygens (including phenoxy) is 2. The van der Waals surface area contributed by atoms with Gasteiger partial charge < -0.3 is 41.0 Å². The molecule has 14 nitrogen and oxygen atoms in total. The van der Waals surface area contributed by atoms with Gasteiger partial charge in [0.15, 0.2) is 0 Å². The third-order valence-electron chi connectivity index (χ3n) is 5.60. The molecular weight excluding hydrogens is 552 g/mol. The number of nitrogens with one attached hydrogen (secondary N) is 4. The van der Waals surface area contributed by atoms with Crippen LogP contribution >= 0.6 is 0 Å². The van der Waals surface area contributed by atoms with Crippen molar-refractivity contribution in [1.82, 2.24) is 21.3 Å². The fraction of sp³-hybridized carbons (Fsp3) is 0.357. The lowest BCUT2D eigenvalue weighted by atomic mass is 10.1. The molecule has 0 aliphatic carbocycles. The molecule has 2 rings (SSSR count). The van der Waals surface area contributed by atoms with Gasteiger partial charge in [-0.1, -0.05) is 60.7 Å². The molecule has 0 aliphatic rings. The Morgan fingerprint density at radius 2 is 0.952 bits per heavy atom. The minimum absolute atomic E-state index is 0.0604. The SMILES string of the molecule is O=C(O)CCCNC(=O)[C@@H](NC(=O)OCc1ccccc1)[C@@H](NC(=O)OCc1ccccc1)C(=O)NCCCC(=O)O. The summed E-state index contributed by atoms with van der Waals surface area (Å²) >= 11 is 0. The Balaban J connectivity index is 2.20. The van der Waals surface area contributed by atoms with Gasteiger partial charge in [-0.05, 0) is 24.0 Å². The number of alkyl carbamates (subject to hydrolysis) is 2. The first-order chi connectivity index (χ1) is 20.2. The third kappa shape index (κ3) is 13.3. The number of carbonyl (C=O) groups excluding carboxylic acids is 4. The van der Waals surface area contributed by atoms with Crippen LogP contribution in [0.15, 0.2) is 60.7 Å². The van der Waals surface area contributed by atoms with E-state index in [1.54, 1.807) is 60.7 Å². The molecular formula is C28H34N4O10. The van der Waals surface area contributed by atoms with E-state index in [2.05, 4.69) is 21.3 Å². The second kappa shape index (κ2) is 18.3. The highest BCUT2D eigenvalue weighted by Gasteiger charge is 2.37. The number of rotatable bonds is 17. The van der Waals surface area contributed by atoms with Gasteiger partial charge in [0.05, 0.1) is 0 Å². The summed E-state index contributed by atoms with van der Waals surface area (Å²) in [5, 5.41) is 27.2. The molecule has 0 saturated carbocycles. The van der Waals surface area contributed by atoms with Gasteiger partial charge in [-0.3, -0.25) is 19.2 Å². The fourth-order valence-electron chi connectivity index (χ4n) is 3.51. The van der Waals surface area contributed by atoms with E-state index in [0.29, 0.717) is 11.1 Å².